The van der Waals surface area contributed by atoms with Gasteiger partial charge in [-0.2, -0.15) is 0 Å². The second-order valence-electron chi connectivity index (χ2n) is 5.18. The van der Waals surface area contributed by atoms with Gasteiger partial charge in [-0.15, -0.1) is 0 Å². The Labute approximate surface area is 115 Å². The van der Waals surface area contributed by atoms with Crippen LogP contribution in [0.4, 0.5) is 14.9 Å². The Kier molecular flexibility index (Phi) is 4.67. The molecule has 1 amide bonds. The molecule has 0 heterocycles. The maximum Gasteiger partial charge on any atom is 0.412 e. The molecule has 110 valence electrons. The van der Waals surface area contributed by atoms with Crippen molar-refractivity contribution >= 4 is 17.7 Å². The van der Waals surface area contributed by atoms with Gasteiger partial charge in [0.15, 0.2) is 0 Å². The van der Waals surface area contributed by atoms with Crippen molar-refractivity contribution in [2.75, 3.05) is 5.32 Å². The van der Waals surface area contributed by atoms with Crippen LogP contribution in [-0.2, 0) is 9.53 Å². The third-order valence-corrected chi connectivity index (χ3v) is 2.24. The minimum Gasteiger partial charge on any atom is -0.480 e. The molecule has 0 saturated carbocycles. The summed E-state index contributed by atoms with van der Waals surface area (Å²) >= 11 is 0. The van der Waals surface area contributed by atoms with Crippen LogP contribution in [0.5, 0.6) is 0 Å². The summed E-state index contributed by atoms with van der Waals surface area (Å²) in [4.78, 5) is 22.3. The number of benzene rings is 1. The first-order chi connectivity index (χ1) is 9.10. The molecule has 6 nitrogen and oxygen atoms in total. The fourth-order valence-corrected chi connectivity index (χ4v) is 1.41. The molecule has 4 N–H and O–H groups in total. The number of ether oxygens (including phenoxy) is 1. The van der Waals surface area contributed by atoms with Gasteiger partial charge in [0.25, 0.3) is 0 Å². The smallest absolute Gasteiger partial charge is 0.412 e. The minimum atomic E-state index is -1.50. The molecule has 0 radical (unpaired) electrons. The lowest BCUT2D eigenvalue weighted by Gasteiger charge is -2.20. The van der Waals surface area contributed by atoms with Crippen molar-refractivity contribution in [3.8, 4) is 0 Å². The third kappa shape index (κ3) is 4.51. The van der Waals surface area contributed by atoms with Crippen molar-refractivity contribution in [3.63, 3.8) is 0 Å². The van der Waals surface area contributed by atoms with Crippen LogP contribution in [0.3, 0.4) is 0 Å². The summed E-state index contributed by atoms with van der Waals surface area (Å²) in [5.41, 5.74) is 4.67. The van der Waals surface area contributed by atoms with E-state index in [0.717, 1.165) is 12.1 Å². The fraction of sp³-hybridized carbons (Fsp3) is 0.385. The molecule has 0 bridgehead atoms. The van der Waals surface area contributed by atoms with E-state index in [1.807, 2.05) is 0 Å². The summed E-state index contributed by atoms with van der Waals surface area (Å²) < 4.78 is 18.5. The zero-order valence-corrected chi connectivity index (χ0v) is 11.4. The second kappa shape index (κ2) is 5.87. The number of carboxylic acids is 1. The van der Waals surface area contributed by atoms with Crippen LogP contribution in [0.2, 0.25) is 0 Å². The van der Waals surface area contributed by atoms with Gasteiger partial charge in [0.2, 0.25) is 0 Å². The average molecular weight is 284 g/mol. The normalized spacial score (nSPS) is 12.7. The van der Waals surface area contributed by atoms with E-state index in [1.54, 1.807) is 20.8 Å². The van der Waals surface area contributed by atoms with E-state index in [4.69, 9.17) is 15.6 Å². The highest BCUT2D eigenvalue weighted by atomic mass is 19.1. The molecule has 7 heteroatoms. The van der Waals surface area contributed by atoms with Crippen LogP contribution in [0, 0.1) is 5.82 Å². The van der Waals surface area contributed by atoms with Gasteiger partial charge >= 0.3 is 12.1 Å². The molecule has 0 aliphatic carbocycles. The molecule has 1 unspecified atom stereocenters. The van der Waals surface area contributed by atoms with Gasteiger partial charge in [-0.25, -0.2) is 9.18 Å². The molecule has 0 aromatic heterocycles. The molecular weight excluding hydrogens is 267 g/mol. The van der Waals surface area contributed by atoms with Crippen molar-refractivity contribution in [2.24, 2.45) is 5.73 Å². The van der Waals surface area contributed by atoms with E-state index in [1.165, 1.54) is 6.07 Å². The standard InChI is InChI=1S/C13H17FN2O4/c1-13(2,3)20-12(19)16-7-4-5-9(14)8(6-7)10(15)11(17)18/h4-6,10H,15H2,1-3H3,(H,16,19)(H,17,18). The monoisotopic (exact) mass is 284 g/mol. The first-order valence-corrected chi connectivity index (χ1v) is 5.88. The number of hydrogen-bond acceptors (Lipinski definition) is 4. The van der Waals surface area contributed by atoms with Crippen LogP contribution in [0.25, 0.3) is 0 Å². The number of amides is 1. The van der Waals surface area contributed by atoms with Crippen molar-refractivity contribution in [2.45, 2.75) is 32.4 Å². The number of nitrogens with two attached hydrogens (primary N) is 1. The van der Waals surface area contributed by atoms with Crippen molar-refractivity contribution < 1.29 is 23.8 Å². The Morgan fingerprint density at radius 2 is 2.00 bits per heavy atom. The van der Waals surface area contributed by atoms with E-state index < -0.39 is 29.5 Å². The van der Waals surface area contributed by atoms with E-state index in [9.17, 15) is 14.0 Å². The Morgan fingerprint density at radius 3 is 2.50 bits per heavy atom. The molecule has 1 rings (SSSR count). The van der Waals surface area contributed by atoms with Gasteiger partial charge in [0.05, 0.1) is 0 Å². The van der Waals surface area contributed by atoms with Gasteiger partial charge in [0.1, 0.15) is 17.5 Å². The largest absolute Gasteiger partial charge is 0.480 e. The number of carbonyl (C=O) groups is 2. The van der Waals surface area contributed by atoms with E-state index >= 15 is 0 Å². The van der Waals surface area contributed by atoms with Gasteiger partial charge in [-0.3, -0.25) is 10.1 Å². The maximum atomic E-state index is 13.5. The van der Waals surface area contributed by atoms with E-state index in [0.29, 0.717) is 0 Å². The number of nitrogens with one attached hydrogen (secondary N) is 1. The highest BCUT2D eigenvalue weighted by Gasteiger charge is 2.20. The molecule has 0 spiro atoms. The predicted octanol–water partition coefficient (Wildman–Crippen LogP) is 2.26. The molecular formula is C13H17FN2O4. The van der Waals surface area contributed by atoms with Gasteiger partial charge in [0, 0.05) is 11.3 Å². The molecule has 1 aromatic carbocycles. The van der Waals surface area contributed by atoms with Crippen molar-refractivity contribution in [1.82, 2.24) is 0 Å². The predicted molar refractivity (Wildman–Crippen MR) is 70.8 cm³/mol. The number of aliphatic carboxylic acids is 1. The number of hydrogen-bond donors (Lipinski definition) is 3. The Bertz CT molecular complexity index is 526. The summed E-state index contributed by atoms with van der Waals surface area (Å²) in [6.45, 7) is 5.09. The summed E-state index contributed by atoms with van der Waals surface area (Å²) in [5.74, 6) is -2.12. The molecule has 1 aromatic rings. The van der Waals surface area contributed by atoms with Gasteiger partial charge < -0.3 is 15.6 Å². The molecule has 0 fully saturated rings. The molecule has 0 aliphatic heterocycles. The third-order valence-electron chi connectivity index (χ3n) is 2.24. The summed E-state index contributed by atoms with van der Waals surface area (Å²) in [6.07, 6.45) is -0.723. The zero-order chi connectivity index (χ0) is 15.5. The fourth-order valence-electron chi connectivity index (χ4n) is 1.41. The number of halogens is 1. The summed E-state index contributed by atoms with van der Waals surface area (Å²) in [5, 5.41) is 11.2. The van der Waals surface area contributed by atoms with Crippen LogP contribution >= 0.6 is 0 Å². The lowest BCUT2D eigenvalue weighted by molar-refractivity contribution is -0.138. The second-order valence-corrected chi connectivity index (χ2v) is 5.18. The minimum absolute atomic E-state index is 0.201. The highest BCUT2D eigenvalue weighted by Crippen LogP contribution is 2.21. The Hall–Kier alpha value is -2.15. The maximum absolute atomic E-state index is 13.5. The molecule has 1 atom stereocenters. The van der Waals surface area contributed by atoms with Crippen LogP contribution in [0.15, 0.2) is 18.2 Å². The number of carboxylic acid groups (broad SMARTS) is 1. The van der Waals surface area contributed by atoms with Crippen molar-refractivity contribution in [3.05, 3.63) is 29.6 Å². The SMILES string of the molecule is CC(C)(C)OC(=O)Nc1ccc(F)c(C(N)C(=O)O)c1. The summed E-state index contributed by atoms with van der Waals surface area (Å²) in [6, 6.07) is 1.98. The molecule has 0 saturated heterocycles. The topological polar surface area (TPSA) is 102 Å². The van der Waals surface area contributed by atoms with Crippen LogP contribution in [0.1, 0.15) is 32.4 Å². The first-order valence-electron chi connectivity index (χ1n) is 5.88. The van der Waals surface area contributed by atoms with Gasteiger partial charge in [-0.1, -0.05) is 0 Å². The lowest BCUT2D eigenvalue weighted by Crippen LogP contribution is -2.27. The van der Waals surface area contributed by atoms with E-state index in [2.05, 4.69) is 5.32 Å². The number of anilines is 1. The highest BCUT2D eigenvalue weighted by molar-refractivity contribution is 5.85. The zero-order valence-electron chi connectivity index (χ0n) is 11.4. The quantitative estimate of drug-likeness (QED) is 0.790. The first kappa shape index (κ1) is 15.9. The molecule has 20 heavy (non-hydrogen) atoms. The number of rotatable bonds is 3. The Balaban J connectivity index is 2.91. The van der Waals surface area contributed by atoms with Crippen LogP contribution < -0.4 is 11.1 Å². The van der Waals surface area contributed by atoms with Crippen LogP contribution in [-0.4, -0.2) is 22.8 Å². The lowest BCUT2D eigenvalue weighted by atomic mass is 10.1. The van der Waals surface area contributed by atoms with Crippen molar-refractivity contribution in [1.29, 1.82) is 0 Å². The number of carbonyl (C=O) groups excluding carboxylic acids is 1. The molecule has 0 aliphatic rings. The Morgan fingerprint density at radius 1 is 1.40 bits per heavy atom. The average Bonchev–Trinajstić information content (AvgIpc) is 2.28. The van der Waals surface area contributed by atoms with E-state index in [-0.39, 0.29) is 11.3 Å². The van der Waals surface area contributed by atoms with Gasteiger partial charge in [-0.05, 0) is 39.0 Å². The summed E-state index contributed by atoms with van der Waals surface area (Å²) in [7, 11) is 0.